The Morgan fingerprint density at radius 1 is 1.48 bits per heavy atom. The summed E-state index contributed by atoms with van der Waals surface area (Å²) in [5.41, 5.74) is 1.24. The summed E-state index contributed by atoms with van der Waals surface area (Å²) in [4.78, 5) is 12.9. The zero-order valence-corrected chi connectivity index (χ0v) is 14.7. The average molecular weight is 403 g/mol. The number of nitro benzene ring substituents is 1. The van der Waals surface area contributed by atoms with Crippen LogP contribution in [0.2, 0.25) is 0 Å². The highest BCUT2D eigenvalue weighted by Gasteiger charge is 2.21. The maximum absolute atomic E-state index is 10.9. The maximum atomic E-state index is 10.9. The summed E-state index contributed by atoms with van der Waals surface area (Å²) in [7, 11) is 0. The van der Waals surface area contributed by atoms with E-state index in [4.69, 9.17) is 0 Å². The molecule has 1 saturated heterocycles. The molecule has 0 amide bonds. The van der Waals surface area contributed by atoms with Gasteiger partial charge in [0.05, 0.1) is 8.49 Å². The molecule has 1 aliphatic rings. The first kappa shape index (κ1) is 16.5. The Balaban J connectivity index is 2.17. The van der Waals surface area contributed by atoms with Gasteiger partial charge in [-0.25, -0.2) is 0 Å². The first-order valence-electron chi connectivity index (χ1n) is 7.43. The summed E-state index contributed by atoms with van der Waals surface area (Å²) in [5.74, 6) is 0. The topological polar surface area (TPSA) is 58.4 Å². The van der Waals surface area contributed by atoms with E-state index in [2.05, 4.69) is 24.1 Å². The van der Waals surface area contributed by atoms with Crippen LogP contribution in [0.15, 0.2) is 18.2 Å². The van der Waals surface area contributed by atoms with Crippen molar-refractivity contribution in [3.8, 4) is 0 Å². The fourth-order valence-corrected chi connectivity index (χ4v) is 3.45. The van der Waals surface area contributed by atoms with Crippen LogP contribution in [0.4, 0.5) is 11.4 Å². The van der Waals surface area contributed by atoms with Crippen LogP contribution >= 0.6 is 22.6 Å². The molecule has 21 heavy (non-hydrogen) atoms. The van der Waals surface area contributed by atoms with E-state index in [1.807, 2.05) is 34.7 Å². The smallest absolute Gasteiger partial charge is 0.282 e. The SMILES string of the molecule is CC(C)N(CC1CCCCN1)c1ccc([N+](=O)[O-])c(I)c1. The number of rotatable bonds is 5. The van der Waals surface area contributed by atoms with E-state index in [0.717, 1.165) is 18.8 Å². The van der Waals surface area contributed by atoms with Crippen molar-refractivity contribution in [2.24, 2.45) is 0 Å². The third kappa shape index (κ3) is 4.29. The first-order chi connectivity index (χ1) is 9.99. The molecule has 1 aliphatic heterocycles. The molecule has 0 radical (unpaired) electrons. The van der Waals surface area contributed by atoms with Gasteiger partial charge in [0.1, 0.15) is 0 Å². The molecule has 1 atom stereocenters. The van der Waals surface area contributed by atoms with Crippen LogP contribution in [0.3, 0.4) is 0 Å². The van der Waals surface area contributed by atoms with Crippen LogP contribution in [0.25, 0.3) is 0 Å². The van der Waals surface area contributed by atoms with E-state index in [-0.39, 0.29) is 10.6 Å². The molecule has 2 rings (SSSR count). The van der Waals surface area contributed by atoms with Gasteiger partial charge in [-0.3, -0.25) is 10.1 Å². The molecule has 1 aromatic carbocycles. The number of hydrogen-bond acceptors (Lipinski definition) is 4. The lowest BCUT2D eigenvalue weighted by Crippen LogP contribution is -2.46. The van der Waals surface area contributed by atoms with E-state index in [9.17, 15) is 10.1 Å². The van der Waals surface area contributed by atoms with Gasteiger partial charge in [-0.2, -0.15) is 0 Å². The molecule has 1 aromatic rings. The first-order valence-corrected chi connectivity index (χ1v) is 8.51. The van der Waals surface area contributed by atoms with E-state index in [0.29, 0.717) is 15.7 Å². The minimum absolute atomic E-state index is 0.179. The fourth-order valence-electron chi connectivity index (χ4n) is 2.75. The number of benzene rings is 1. The predicted molar refractivity (Wildman–Crippen MR) is 93.9 cm³/mol. The minimum atomic E-state index is -0.325. The number of nitrogens with one attached hydrogen (secondary N) is 1. The number of halogens is 1. The van der Waals surface area contributed by atoms with Gasteiger partial charge in [0.15, 0.2) is 0 Å². The van der Waals surface area contributed by atoms with Crippen LogP contribution in [-0.4, -0.2) is 30.1 Å². The fraction of sp³-hybridized carbons (Fsp3) is 0.600. The largest absolute Gasteiger partial charge is 0.368 e. The Morgan fingerprint density at radius 3 is 2.76 bits per heavy atom. The van der Waals surface area contributed by atoms with Crippen LogP contribution in [0.5, 0.6) is 0 Å². The summed E-state index contributed by atoms with van der Waals surface area (Å²) < 4.78 is 0.692. The Morgan fingerprint density at radius 2 is 2.24 bits per heavy atom. The highest BCUT2D eigenvalue weighted by molar-refractivity contribution is 14.1. The van der Waals surface area contributed by atoms with Gasteiger partial charge < -0.3 is 10.2 Å². The number of piperidine rings is 1. The van der Waals surface area contributed by atoms with Gasteiger partial charge in [-0.05, 0) is 68.0 Å². The molecule has 1 N–H and O–H groups in total. The molecule has 0 aromatic heterocycles. The third-order valence-corrected chi connectivity index (χ3v) is 4.78. The molecule has 5 nitrogen and oxygen atoms in total. The lowest BCUT2D eigenvalue weighted by molar-refractivity contribution is -0.385. The maximum Gasteiger partial charge on any atom is 0.282 e. The molecule has 0 saturated carbocycles. The Hall–Kier alpha value is -0.890. The molecular formula is C15H22IN3O2. The van der Waals surface area contributed by atoms with Crippen molar-refractivity contribution in [3.63, 3.8) is 0 Å². The van der Waals surface area contributed by atoms with Crippen LogP contribution in [0.1, 0.15) is 33.1 Å². The van der Waals surface area contributed by atoms with Crippen LogP contribution in [-0.2, 0) is 0 Å². The molecule has 1 fully saturated rings. The summed E-state index contributed by atoms with van der Waals surface area (Å²) in [5, 5.41) is 14.5. The van der Waals surface area contributed by atoms with E-state index in [1.54, 1.807) is 6.07 Å². The molecule has 1 unspecified atom stereocenters. The van der Waals surface area contributed by atoms with Gasteiger partial charge in [-0.15, -0.1) is 0 Å². The number of hydrogen-bond donors (Lipinski definition) is 1. The average Bonchev–Trinajstić information content (AvgIpc) is 2.45. The zero-order chi connectivity index (χ0) is 15.4. The molecule has 0 aliphatic carbocycles. The van der Waals surface area contributed by atoms with Crippen molar-refractivity contribution in [1.82, 2.24) is 5.32 Å². The predicted octanol–water partition coefficient (Wildman–Crippen LogP) is 3.56. The number of nitrogens with zero attached hydrogens (tertiary/aromatic N) is 2. The Labute approximate surface area is 139 Å². The number of nitro groups is 1. The van der Waals surface area contributed by atoms with Crippen molar-refractivity contribution in [2.75, 3.05) is 18.0 Å². The summed E-state index contributed by atoms with van der Waals surface area (Å²) in [6.07, 6.45) is 3.74. The third-order valence-electron chi connectivity index (χ3n) is 3.91. The highest BCUT2D eigenvalue weighted by atomic mass is 127. The van der Waals surface area contributed by atoms with Crippen molar-refractivity contribution in [1.29, 1.82) is 0 Å². The van der Waals surface area contributed by atoms with E-state index < -0.39 is 0 Å². The monoisotopic (exact) mass is 403 g/mol. The molecule has 0 bridgehead atoms. The molecular weight excluding hydrogens is 381 g/mol. The van der Waals surface area contributed by atoms with Gasteiger partial charge in [0.25, 0.3) is 5.69 Å². The van der Waals surface area contributed by atoms with E-state index in [1.165, 1.54) is 19.3 Å². The molecule has 116 valence electrons. The Kier molecular flexibility index (Phi) is 5.80. The van der Waals surface area contributed by atoms with Crippen molar-refractivity contribution in [2.45, 2.75) is 45.2 Å². The second kappa shape index (κ2) is 7.40. The van der Waals surface area contributed by atoms with Crippen LogP contribution < -0.4 is 10.2 Å². The van der Waals surface area contributed by atoms with Crippen molar-refractivity contribution >= 4 is 34.0 Å². The highest BCUT2D eigenvalue weighted by Crippen LogP contribution is 2.28. The van der Waals surface area contributed by atoms with E-state index >= 15 is 0 Å². The quantitative estimate of drug-likeness (QED) is 0.464. The summed E-state index contributed by atoms with van der Waals surface area (Å²) >= 11 is 2.04. The van der Waals surface area contributed by atoms with Gasteiger partial charge in [-0.1, -0.05) is 6.42 Å². The van der Waals surface area contributed by atoms with Gasteiger partial charge in [0.2, 0.25) is 0 Å². The summed E-state index contributed by atoms with van der Waals surface area (Å²) in [6.45, 7) is 6.37. The minimum Gasteiger partial charge on any atom is -0.368 e. The van der Waals surface area contributed by atoms with Gasteiger partial charge >= 0.3 is 0 Å². The molecule has 6 heteroatoms. The lowest BCUT2D eigenvalue weighted by Gasteiger charge is -2.35. The molecule has 1 heterocycles. The van der Waals surface area contributed by atoms with Crippen molar-refractivity contribution < 1.29 is 4.92 Å². The second-order valence-corrected chi connectivity index (χ2v) is 6.95. The zero-order valence-electron chi connectivity index (χ0n) is 12.5. The lowest BCUT2D eigenvalue weighted by atomic mass is 10.0. The number of anilines is 1. The van der Waals surface area contributed by atoms with Crippen molar-refractivity contribution in [3.05, 3.63) is 31.9 Å². The van der Waals surface area contributed by atoms with Gasteiger partial charge in [0, 0.05) is 30.4 Å². The normalized spacial score (nSPS) is 18.8. The van der Waals surface area contributed by atoms with Crippen LogP contribution in [0, 0.1) is 13.7 Å². The standard InChI is InChI=1S/C15H22IN3O2/c1-11(2)18(10-12-5-3-4-8-17-12)13-6-7-15(19(20)21)14(16)9-13/h6-7,9,11-12,17H,3-5,8,10H2,1-2H3. The summed E-state index contributed by atoms with van der Waals surface area (Å²) in [6, 6.07) is 6.27. The molecule has 0 spiro atoms. The second-order valence-electron chi connectivity index (χ2n) is 5.79. The Bertz CT molecular complexity index is 502.